The second-order valence-corrected chi connectivity index (χ2v) is 4.59. The maximum absolute atomic E-state index is 6.12. The fourth-order valence-corrected chi connectivity index (χ4v) is 2.09. The van der Waals surface area contributed by atoms with Crippen LogP contribution in [0.15, 0.2) is 12.1 Å². The first-order valence-corrected chi connectivity index (χ1v) is 6.03. The number of aromatic nitrogens is 1. The number of halogens is 1. The summed E-state index contributed by atoms with van der Waals surface area (Å²) in [7, 11) is 0. The molecule has 1 atom stereocenters. The number of nitrogens with one attached hydrogen (secondary N) is 1. The van der Waals surface area contributed by atoms with Gasteiger partial charge in [-0.15, -0.1) is 0 Å². The highest BCUT2D eigenvalue weighted by Gasteiger charge is 2.18. The van der Waals surface area contributed by atoms with Crippen LogP contribution in [0.2, 0.25) is 5.02 Å². The Morgan fingerprint density at radius 3 is 3.18 bits per heavy atom. The van der Waals surface area contributed by atoms with Crippen molar-refractivity contribution in [2.75, 3.05) is 25.1 Å². The minimum Gasteiger partial charge on any atom is -0.376 e. The zero-order valence-corrected chi connectivity index (χ0v) is 10.6. The Morgan fingerprint density at radius 1 is 1.65 bits per heavy atom. The van der Waals surface area contributed by atoms with Crippen LogP contribution in [0.4, 0.5) is 5.82 Å². The molecule has 2 heterocycles. The van der Waals surface area contributed by atoms with Crippen LogP contribution < -0.4 is 11.3 Å². The monoisotopic (exact) mass is 256 g/mol. The van der Waals surface area contributed by atoms with Crippen molar-refractivity contribution >= 4 is 17.4 Å². The molecule has 0 saturated carbocycles. The van der Waals surface area contributed by atoms with Crippen molar-refractivity contribution < 1.29 is 4.74 Å². The number of morpholine rings is 1. The molecule has 2 rings (SSSR count). The standard InChI is InChI=1S/C11H17ClN4O/c1-8-6-16(4-5-17-8)7-10-9(12)2-3-11(14-10)15-13/h2-3,8H,4-7,13H2,1H3,(H,14,15). The average Bonchev–Trinajstić information content (AvgIpc) is 2.32. The Hall–Kier alpha value is -0.880. The molecule has 1 unspecified atom stereocenters. The summed E-state index contributed by atoms with van der Waals surface area (Å²) in [6.45, 7) is 5.36. The molecule has 0 aliphatic carbocycles. The summed E-state index contributed by atoms with van der Waals surface area (Å²) >= 11 is 6.12. The quantitative estimate of drug-likeness (QED) is 0.629. The van der Waals surface area contributed by atoms with Crippen molar-refractivity contribution in [3.05, 3.63) is 22.8 Å². The van der Waals surface area contributed by atoms with Crippen molar-refractivity contribution in [1.29, 1.82) is 0 Å². The molecule has 0 aromatic carbocycles. The molecule has 1 aromatic heterocycles. The van der Waals surface area contributed by atoms with Crippen LogP contribution >= 0.6 is 11.6 Å². The van der Waals surface area contributed by atoms with Gasteiger partial charge in [0.2, 0.25) is 0 Å². The van der Waals surface area contributed by atoms with E-state index in [0.29, 0.717) is 10.8 Å². The number of hydrogen-bond acceptors (Lipinski definition) is 5. The van der Waals surface area contributed by atoms with Gasteiger partial charge in [0.1, 0.15) is 5.82 Å². The fourth-order valence-electron chi connectivity index (χ4n) is 1.92. The second kappa shape index (κ2) is 5.64. The van der Waals surface area contributed by atoms with Gasteiger partial charge in [-0.1, -0.05) is 11.6 Å². The zero-order valence-electron chi connectivity index (χ0n) is 9.82. The summed E-state index contributed by atoms with van der Waals surface area (Å²) in [5.41, 5.74) is 3.37. The molecule has 5 nitrogen and oxygen atoms in total. The zero-order chi connectivity index (χ0) is 12.3. The number of ether oxygens (including phenoxy) is 1. The predicted molar refractivity (Wildman–Crippen MR) is 67.7 cm³/mol. The second-order valence-electron chi connectivity index (χ2n) is 4.19. The minimum absolute atomic E-state index is 0.262. The van der Waals surface area contributed by atoms with Gasteiger partial charge in [0, 0.05) is 19.6 Å². The SMILES string of the molecule is CC1CN(Cc2nc(NN)ccc2Cl)CCO1. The van der Waals surface area contributed by atoms with Crippen LogP contribution in [-0.2, 0) is 11.3 Å². The van der Waals surface area contributed by atoms with E-state index in [4.69, 9.17) is 22.2 Å². The lowest BCUT2D eigenvalue weighted by atomic mass is 10.2. The van der Waals surface area contributed by atoms with E-state index in [9.17, 15) is 0 Å². The van der Waals surface area contributed by atoms with E-state index < -0.39 is 0 Å². The maximum Gasteiger partial charge on any atom is 0.140 e. The summed E-state index contributed by atoms with van der Waals surface area (Å²) < 4.78 is 5.49. The predicted octanol–water partition coefficient (Wildman–Crippen LogP) is 1.24. The molecule has 0 bridgehead atoms. The molecule has 0 spiro atoms. The van der Waals surface area contributed by atoms with Gasteiger partial charge < -0.3 is 10.2 Å². The van der Waals surface area contributed by atoms with Gasteiger partial charge >= 0.3 is 0 Å². The Labute approximate surface area is 106 Å². The molecule has 1 fully saturated rings. The number of pyridine rings is 1. The van der Waals surface area contributed by atoms with E-state index >= 15 is 0 Å². The normalized spacial score (nSPS) is 21.5. The molecular formula is C11H17ClN4O. The van der Waals surface area contributed by atoms with E-state index in [-0.39, 0.29) is 6.10 Å². The van der Waals surface area contributed by atoms with E-state index in [0.717, 1.165) is 31.9 Å². The van der Waals surface area contributed by atoms with Crippen LogP contribution in [0.1, 0.15) is 12.6 Å². The van der Waals surface area contributed by atoms with Gasteiger partial charge in [-0.05, 0) is 19.1 Å². The lowest BCUT2D eigenvalue weighted by molar-refractivity contribution is -0.0215. The molecular weight excluding hydrogens is 240 g/mol. The first kappa shape index (κ1) is 12.6. The third-order valence-electron chi connectivity index (χ3n) is 2.77. The molecule has 1 saturated heterocycles. The van der Waals surface area contributed by atoms with Gasteiger partial charge in [0.25, 0.3) is 0 Å². The van der Waals surface area contributed by atoms with Crippen LogP contribution in [-0.4, -0.2) is 35.7 Å². The number of hydrogen-bond donors (Lipinski definition) is 2. The Morgan fingerprint density at radius 2 is 2.47 bits per heavy atom. The van der Waals surface area contributed by atoms with E-state index in [1.54, 1.807) is 6.07 Å². The highest BCUT2D eigenvalue weighted by Crippen LogP contribution is 2.19. The Balaban J connectivity index is 2.06. The molecule has 1 aliphatic heterocycles. The van der Waals surface area contributed by atoms with Crippen molar-refractivity contribution in [3.63, 3.8) is 0 Å². The van der Waals surface area contributed by atoms with Gasteiger partial charge in [-0.3, -0.25) is 4.90 Å². The van der Waals surface area contributed by atoms with E-state index in [1.807, 2.05) is 6.07 Å². The topological polar surface area (TPSA) is 63.4 Å². The number of nitrogens with zero attached hydrogens (tertiary/aromatic N) is 2. The molecule has 1 aliphatic rings. The highest BCUT2D eigenvalue weighted by molar-refractivity contribution is 6.31. The summed E-state index contributed by atoms with van der Waals surface area (Å²) in [6, 6.07) is 3.57. The van der Waals surface area contributed by atoms with Crippen LogP contribution in [0.25, 0.3) is 0 Å². The minimum atomic E-state index is 0.262. The third-order valence-corrected chi connectivity index (χ3v) is 3.11. The first-order valence-electron chi connectivity index (χ1n) is 5.65. The molecule has 6 heteroatoms. The molecule has 3 N–H and O–H groups in total. The van der Waals surface area contributed by atoms with Gasteiger partial charge in [-0.25, -0.2) is 10.8 Å². The van der Waals surface area contributed by atoms with Crippen molar-refractivity contribution in [2.24, 2.45) is 5.84 Å². The van der Waals surface area contributed by atoms with Gasteiger partial charge in [-0.2, -0.15) is 0 Å². The van der Waals surface area contributed by atoms with Gasteiger partial charge in [0.05, 0.1) is 23.4 Å². The van der Waals surface area contributed by atoms with Crippen LogP contribution in [0.5, 0.6) is 0 Å². The summed E-state index contributed by atoms with van der Waals surface area (Å²) in [4.78, 5) is 6.64. The van der Waals surface area contributed by atoms with Crippen LogP contribution in [0.3, 0.4) is 0 Å². The lowest BCUT2D eigenvalue weighted by Gasteiger charge is -2.30. The number of rotatable bonds is 3. The van der Waals surface area contributed by atoms with E-state index in [2.05, 4.69) is 22.2 Å². The maximum atomic E-state index is 6.12. The molecule has 94 valence electrons. The average molecular weight is 257 g/mol. The number of anilines is 1. The largest absolute Gasteiger partial charge is 0.376 e. The number of hydrazine groups is 1. The lowest BCUT2D eigenvalue weighted by Crippen LogP contribution is -2.40. The van der Waals surface area contributed by atoms with Crippen molar-refractivity contribution in [2.45, 2.75) is 19.6 Å². The van der Waals surface area contributed by atoms with E-state index in [1.165, 1.54) is 0 Å². The number of nitrogen functional groups attached to an aromatic ring is 1. The Kier molecular flexibility index (Phi) is 4.17. The van der Waals surface area contributed by atoms with Crippen LogP contribution in [0, 0.1) is 0 Å². The summed E-state index contributed by atoms with van der Waals surface area (Å²) in [5.74, 6) is 5.97. The summed E-state index contributed by atoms with van der Waals surface area (Å²) in [6.07, 6.45) is 0.262. The van der Waals surface area contributed by atoms with Gasteiger partial charge in [0.15, 0.2) is 0 Å². The van der Waals surface area contributed by atoms with Crippen molar-refractivity contribution in [1.82, 2.24) is 9.88 Å². The smallest absolute Gasteiger partial charge is 0.140 e. The molecule has 0 radical (unpaired) electrons. The molecule has 0 amide bonds. The molecule has 17 heavy (non-hydrogen) atoms. The first-order chi connectivity index (χ1) is 8.19. The highest BCUT2D eigenvalue weighted by atomic mass is 35.5. The fraction of sp³-hybridized carbons (Fsp3) is 0.545. The summed E-state index contributed by atoms with van der Waals surface area (Å²) in [5, 5.41) is 0.670. The third kappa shape index (κ3) is 3.29. The molecule has 1 aromatic rings. The number of nitrogens with two attached hydrogens (primary N) is 1. The van der Waals surface area contributed by atoms with Crippen molar-refractivity contribution in [3.8, 4) is 0 Å². The Bertz CT molecular complexity index is 388.